The van der Waals surface area contributed by atoms with E-state index < -0.39 is 11.4 Å². The number of carboxylic acids is 1. The molecule has 146 valence electrons. The first kappa shape index (κ1) is 18.5. The zero-order chi connectivity index (χ0) is 19.6. The lowest BCUT2D eigenvalue weighted by atomic mass is 9.73. The van der Waals surface area contributed by atoms with Gasteiger partial charge in [0, 0.05) is 37.4 Å². The summed E-state index contributed by atoms with van der Waals surface area (Å²) in [5.74, 6) is -0.819. The second-order valence-electron chi connectivity index (χ2n) is 7.79. The van der Waals surface area contributed by atoms with Crippen LogP contribution < -0.4 is 4.90 Å². The van der Waals surface area contributed by atoms with Gasteiger partial charge in [0.2, 0.25) is 0 Å². The number of aliphatic carboxylic acids is 1. The van der Waals surface area contributed by atoms with Crippen molar-refractivity contribution in [2.24, 2.45) is 0 Å². The molecule has 0 spiro atoms. The predicted octanol–water partition coefficient (Wildman–Crippen LogP) is 3.55. The molecule has 2 aromatic carbocycles. The van der Waals surface area contributed by atoms with Crippen molar-refractivity contribution in [1.29, 1.82) is 0 Å². The molecule has 2 heterocycles. The Kier molecular flexibility index (Phi) is 5.07. The zero-order valence-electron chi connectivity index (χ0n) is 16.0. The van der Waals surface area contributed by atoms with Gasteiger partial charge in [-0.3, -0.25) is 9.59 Å². The molecule has 1 amide bonds. The molecule has 0 atom stereocenters. The van der Waals surface area contributed by atoms with Crippen LogP contribution in [0.25, 0.3) is 0 Å². The van der Waals surface area contributed by atoms with Gasteiger partial charge in [0.25, 0.3) is 5.91 Å². The number of benzene rings is 2. The minimum atomic E-state index is -0.905. The summed E-state index contributed by atoms with van der Waals surface area (Å²) in [5, 5.41) is 9.91. The molecule has 5 heteroatoms. The SMILES string of the molecule is O=C(c1ccc(N2CCCC2)cc1)N1CCC(C(=O)O)(c2ccccc2)CC1. The average molecular weight is 378 g/mol. The third kappa shape index (κ3) is 3.37. The number of carboxylic acid groups (broad SMARTS) is 1. The molecule has 5 nitrogen and oxygen atoms in total. The fourth-order valence-corrected chi connectivity index (χ4v) is 4.45. The fraction of sp³-hybridized carbons (Fsp3) is 0.391. The van der Waals surface area contributed by atoms with E-state index in [2.05, 4.69) is 4.90 Å². The van der Waals surface area contributed by atoms with Gasteiger partial charge in [-0.2, -0.15) is 0 Å². The first-order valence-corrected chi connectivity index (χ1v) is 10.0. The van der Waals surface area contributed by atoms with Gasteiger partial charge in [-0.25, -0.2) is 0 Å². The van der Waals surface area contributed by atoms with E-state index in [9.17, 15) is 14.7 Å². The molecular weight excluding hydrogens is 352 g/mol. The van der Waals surface area contributed by atoms with E-state index in [1.165, 1.54) is 18.5 Å². The number of anilines is 1. The minimum Gasteiger partial charge on any atom is -0.481 e. The van der Waals surface area contributed by atoms with Gasteiger partial charge in [0.15, 0.2) is 0 Å². The van der Waals surface area contributed by atoms with Crippen LogP contribution in [0.4, 0.5) is 5.69 Å². The average Bonchev–Trinajstić information content (AvgIpc) is 3.29. The molecule has 0 bridgehead atoms. The third-order valence-electron chi connectivity index (χ3n) is 6.23. The normalized spacial score (nSPS) is 18.9. The van der Waals surface area contributed by atoms with Crippen LogP contribution in [0, 0.1) is 0 Å². The highest BCUT2D eigenvalue weighted by Gasteiger charge is 2.43. The number of amides is 1. The number of carbonyl (C=O) groups is 2. The van der Waals surface area contributed by atoms with Crippen molar-refractivity contribution in [1.82, 2.24) is 4.90 Å². The van der Waals surface area contributed by atoms with Crippen molar-refractivity contribution in [2.75, 3.05) is 31.1 Å². The van der Waals surface area contributed by atoms with Crippen LogP contribution in [0.1, 0.15) is 41.6 Å². The molecule has 2 aliphatic heterocycles. The quantitative estimate of drug-likeness (QED) is 0.884. The van der Waals surface area contributed by atoms with Gasteiger partial charge in [-0.15, -0.1) is 0 Å². The summed E-state index contributed by atoms with van der Waals surface area (Å²) < 4.78 is 0. The molecule has 2 aromatic rings. The van der Waals surface area contributed by atoms with E-state index in [0.717, 1.165) is 18.7 Å². The summed E-state index contributed by atoms with van der Waals surface area (Å²) in [6.07, 6.45) is 3.32. The Morgan fingerprint density at radius 1 is 0.821 bits per heavy atom. The zero-order valence-corrected chi connectivity index (χ0v) is 16.0. The molecule has 0 saturated carbocycles. The maximum absolute atomic E-state index is 12.9. The summed E-state index contributed by atoms with van der Waals surface area (Å²) in [6, 6.07) is 17.2. The van der Waals surface area contributed by atoms with Gasteiger partial charge in [-0.1, -0.05) is 30.3 Å². The Morgan fingerprint density at radius 3 is 2.00 bits per heavy atom. The Labute approximate surface area is 165 Å². The summed E-state index contributed by atoms with van der Waals surface area (Å²) in [7, 11) is 0. The molecule has 0 radical (unpaired) electrons. The van der Waals surface area contributed by atoms with E-state index in [0.29, 0.717) is 31.5 Å². The van der Waals surface area contributed by atoms with Crippen LogP contribution >= 0.6 is 0 Å². The fourth-order valence-electron chi connectivity index (χ4n) is 4.45. The Balaban J connectivity index is 1.45. The molecule has 0 unspecified atom stereocenters. The van der Waals surface area contributed by atoms with Crippen LogP contribution in [-0.4, -0.2) is 48.1 Å². The third-order valence-corrected chi connectivity index (χ3v) is 6.23. The van der Waals surface area contributed by atoms with Crippen molar-refractivity contribution >= 4 is 17.6 Å². The van der Waals surface area contributed by atoms with E-state index >= 15 is 0 Å². The second kappa shape index (κ2) is 7.66. The van der Waals surface area contributed by atoms with Crippen LogP contribution in [0.2, 0.25) is 0 Å². The Morgan fingerprint density at radius 2 is 1.43 bits per heavy atom. The standard InChI is InChI=1S/C23H26N2O3/c26-21(18-8-10-20(11-9-18)24-14-4-5-15-24)25-16-12-23(13-17-25,22(27)28)19-6-2-1-3-7-19/h1-3,6-11H,4-5,12-17H2,(H,27,28). The van der Waals surface area contributed by atoms with Gasteiger partial charge < -0.3 is 14.9 Å². The highest BCUT2D eigenvalue weighted by Crippen LogP contribution is 2.36. The van der Waals surface area contributed by atoms with Gasteiger partial charge in [-0.05, 0) is 55.5 Å². The summed E-state index contributed by atoms with van der Waals surface area (Å²) in [5.41, 5.74) is 1.76. The molecular formula is C23H26N2O3. The lowest BCUT2D eigenvalue weighted by molar-refractivity contribution is -0.145. The van der Waals surface area contributed by atoms with E-state index in [4.69, 9.17) is 0 Å². The van der Waals surface area contributed by atoms with E-state index in [1.54, 1.807) is 4.90 Å². The summed E-state index contributed by atoms with van der Waals surface area (Å²) >= 11 is 0. The smallest absolute Gasteiger partial charge is 0.314 e. The van der Waals surface area contributed by atoms with Crippen LogP contribution in [0.3, 0.4) is 0 Å². The van der Waals surface area contributed by atoms with Crippen LogP contribution in [0.15, 0.2) is 54.6 Å². The maximum Gasteiger partial charge on any atom is 0.314 e. The van der Waals surface area contributed by atoms with Crippen LogP contribution in [-0.2, 0) is 10.2 Å². The van der Waals surface area contributed by atoms with Crippen molar-refractivity contribution in [3.63, 3.8) is 0 Å². The monoisotopic (exact) mass is 378 g/mol. The molecule has 2 aliphatic rings. The highest BCUT2D eigenvalue weighted by molar-refractivity contribution is 5.95. The first-order valence-electron chi connectivity index (χ1n) is 10.0. The van der Waals surface area contributed by atoms with Crippen molar-refractivity contribution in [3.8, 4) is 0 Å². The van der Waals surface area contributed by atoms with Gasteiger partial charge >= 0.3 is 5.97 Å². The molecule has 2 saturated heterocycles. The highest BCUT2D eigenvalue weighted by atomic mass is 16.4. The topological polar surface area (TPSA) is 60.9 Å². The Hall–Kier alpha value is -2.82. The summed E-state index contributed by atoms with van der Waals surface area (Å²) in [4.78, 5) is 29.1. The molecule has 0 aromatic heterocycles. The molecule has 2 fully saturated rings. The van der Waals surface area contributed by atoms with Crippen molar-refractivity contribution < 1.29 is 14.7 Å². The number of carbonyl (C=O) groups excluding carboxylic acids is 1. The molecule has 0 aliphatic carbocycles. The molecule has 28 heavy (non-hydrogen) atoms. The first-order chi connectivity index (χ1) is 13.6. The predicted molar refractivity (Wildman–Crippen MR) is 109 cm³/mol. The Bertz CT molecular complexity index is 834. The second-order valence-corrected chi connectivity index (χ2v) is 7.79. The van der Waals surface area contributed by atoms with Crippen molar-refractivity contribution in [2.45, 2.75) is 31.1 Å². The van der Waals surface area contributed by atoms with Gasteiger partial charge in [0.05, 0.1) is 5.41 Å². The number of hydrogen-bond acceptors (Lipinski definition) is 3. The lowest BCUT2D eigenvalue weighted by Crippen LogP contribution is -2.49. The van der Waals surface area contributed by atoms with Crippen molar-refractivity contribution in [3.05, 3.63) is 65.7 Å². The largest absolute Gasteiger partial charge is 0.481 e. The van der Waals surface area contributed by atoms with E-state index in [-0.39, 0.29) is 5.91 Å². The number of piperidine rings is 1. The van der Waals surface area contributed by atoms with Crippen LogP contribution in [0.5, 0.6) is 0 Å². The molecule has 1 N–H and O–H groups in total. The molecule has 4 rings (SSSR count). The minimum absolute atomic E-state index is 0.0139. The number of likely N-dealkylation sites (tertiary alicyclic amines) is 1. The lowest BCUT2D eigenvalue weighted by Gasteiger charge is -2.39. The summed E-state index contributed by atoms with van der Waals surface area (Å²) in [6.45, 7) is 3.06. The number of hydrogen-bond donors (Lipinski definition) is 1. The number of nitrogens with zero attached hydrogens (tertiary/aromatic N) is 2. The maximum atomic E-state index is 12.9. The number of rotatable bonds is 4. The van der Waals surface area contributed by atoms with E-state index in [1.807, 2.05) is 54.6 Å². The van der Waals surface area contributed by atoms with Gasteiger partial charge in [0.1, 0.15) is 0 Å².